The first-order valence-corrected chi connectivity index (χ1v) is 6.89. The van der Waals surface area contributed by atoms with E-state index in [1.54, 1.807) is 0 Å². The van der Waals surface area contributed by atoms with Crippen molar-refractivity contribution >= 4 is 23.1 Å². The molecular formula is C11H19NS2. The van der Waals surface area contributed by atoms with Gasteiger partial charge in [0.2, 0.25) is 0 Å². The summed E-state index contributed by atoms with van der Waals surface area (Å²) in [6.45, 7) is 8.90. The van der Waals surface area contributed by atoms with Crippen LogP contribution in [-0.4, -0.2) is 17.0 Å². The number of thioether (sulfide) groups is 1. The topological polar surface area (TPSA) is 12.0 Å². The van der Waals surface area contributed by atoms with Crippen LogP contribution in [0.4, 0.5) is 0 Å². The summed E-state index contributed by atoms with van der Waals surface area (Å²) in [5.74, 6) is 0. The maximum Gasteiger partial charge on any atom is 0.0300 e. The second kappa shape index (κ2) is 6.49. The second-order valence-corrected chi connectivity index (χ2v) is 6.76. The first kappa shape index (κ1) is 12.1. The van der Waals surface area contributed by atoms with Crippen LogP contribution in [0, 0.1) is 0 Å². The van der Waals surface area contributed by atoms with Crippen molar-refractivity contribution in [3.8, 4) is 0 Å². The van der Waals surface area contributed by atoms with Gasteiger partial charge in [0.25, 0.3) is 0 Å². The molecule has 0 radical (unpaired) electrons. The van der Waals surface area contributed by atoms with E-state index in [4.69, 9.17) is 0 Å². The largest absolute Gasteiger partial charge is 0.311 e. The zero-order chi connectivity index (χ0) is 10.4. The van der Waals surface area contributed by atoms with E-state index in [-0.39, 0.29) is 0 Å². The van der Waals surface area contributed by atoms with Crippen LogP contribution in [0.2, 0.25) is 0 Å². The van der Waals surface area contributed by atoms with Crippen molar-refractivity contribution in [1.29, 1.82) is 0 Å². The average molecular weight is 229 g/mol. The molecule has 0 aliphatic rings. The Balaban J connectivity index is 2.09. The van der Waals surface area contributed by atoms with Crippen molar-refractivity contribution in [2.24, 2.45) is 0 Å². The van der Waals surface area contributed by atoms with Crippen molar-refractivity contribution < 1.29 is 0 Å². The third kappa shape index (κ3) is 5.03. The summed E-state index contributed by atoms with van der Waals surface area (Å²) in [5.41, 5.74) is 0. The lowest BCUT2D eigenvalue weighted by Crippen LogP contribution is -2.22. The molecule has 0 aromatic carbocycles. The molecule has 0 saturated heterocycles. The molecule has 3 heteroatoms. The Labute approximate surface area is 95.3 Å². The Morgan fingerprint density at radius 3 is 2.79 bits per heavy atom. The summed E-state index contributed by atoms with van der Waals surface area (Å²) in [7, 11) is 0. The van der Waals surface area contributed by atoms with Crippen LogP contribution in [0.5, 0.6) is 0 Å². The van der Waals surface area contributed by atoms with Gasteiger partial charge in [-0.15, -0.1) is 11.3 Å². The number of nitrogens with one attached hydrogen (secondary N) is 1. The highest BCUT2D eigenvalue weighted by Crippen LogP contribution is 2.16. The minimum Gasteiger partial charge on any atom is -0.311 e. The molecule has 1 N–H and O–H groups in total. The summed E-state index contributed by atoms with van der Waals surface area (Å²) in [6, 6.07) is 4.28. The molecule has 80 valence electrons. The van der Waals surface area contributed by atoms with Gasteiger partial charge in [-0.2, -0.15) is 11.8 Å². The highest BCUT2D eigenvalue weighted by molar-refractivity contribution is 8.00. The van der Waals surface area contributed by atoms with Crippen molar-refractivity contribution in [2.75, 3.05) is 6.54 Å². The van der Waals surface area contributed by atoms with E-state index in [1.165, 1.54) is 4.88 Å². The number of thiophene rings is 1. The van der Waals surface area contributed by atoms with E-state index in [2.05, 4.69) is 43.6 Å². The molecule has 1 heterocycles. The third-order valence-electron chi connectivity index (χ3n) is 1.82. The van der Waals surface area contributed by atoms with E-state index >= 15 is 0 Å². The number of hydrogen-bond acceptors (Lipinski definition) is 3. The van der Waals surface area contributed by atoms with Crippen LogP contribution in [-0.2, 0) is 6.54 Å². The quantitative estimate of drug-likeness (QED) is 0.802. The Bertz CT molecular complexity index is 231. The van der Waals surface area contributed by atoms with Gasteiger partial charge < -0.3 is 5.32 Å². The summed E-state index contributed by atoms with van der Waals surface area (Å²) in [6.07, 6.45) is 0. The predicted octanol–water partition coefficient (Wildman–Crippen LogP) is 3.37. The molecule has 14 heavy (non-hydrogen) atoms. The van der Waals surface area contributed by atoms with Gasteiger partial charge in [-0.3, -0.25) is 0 Å². The normalized spacial score (nSPS) is 13.4. The smallest absolute Gasteiger partial charge is 0.0300 e. The van der Waals surface area contributed by atoms with Gasteiger partial charge in [-0.25, -0.2) is 0 Å². The van der Waals surface area contributed by atoms with Crippen LogP contribution in [0.1, 0.15) is 25.6 Å². The summed E-state index contributed by atoms with van der Waals surface area (Å²) in [5, 5.41) is 7.04. The van der Waals surface area contributed by atoms with Crippen molar-refractivity contribution in [3.63, 3.8) is 0 Å². The van der Waals surface area contributed by atoms with Gasteiger partial charge in [0.05, 0.1) is 0 Å². The van der Waals surface area contributed by atoms with Gasteiger partial charge in [0.15, 0.2) is 0 Å². The first-order valence-electron chi connectivity index (χ1n) is 5.07. The molecule has 0 saturated carbocycles. The summed E-state index contributed by atoms with van der Waals surface area (Å²) in [4.78, 5) is 1.42. The SMILES string of the molecule is CC(C)SC(C)CNCc1cccs1. The molecule has 0 bridgehead atoms. The highest BCUT2D eigenvalue weighted by atomic mass is 32.2. The molecular weight excluding hydrogens is 210 g/mol. The van der Waals surface area contributed by atoms with Gasteiger partial charge in [0.1, 0.15) is 0 Å². The Morgan fingerprint density at radius 1 is 1.43 bits per heavy atom. The molecule has 1 aromatic rings. The first-order chi connectivity index (χ1) is 6.68. The fourth-order valence-corrected chi connectivity index (χ4v) is 3.14. The Morgan fingerprint density at radius 2 is 2.21 bits per heavy atom. The maximum atomic E-state index is 3.48. The summed E-state index contributed by atoms with van der Waals surface area (Å²) >= 11 is 3.85. The van der Waals surface area contributed by atoms with Gasteiger partial charge in [0, 0.05) is 23.2 Å². The fourth-order valence-electron chi connectivity index (χ4n) is 1.32. The lowest BCUT2D eigenvalue weighted by Gasteiger charge is -2.14. The van der Waals surface area contributed by atoms with Crippen molar-refractivity contribution in [1.82, 2.24) is 5.32 Å². The van der Waals surface area contributed by atoms with Crippen LogP contribution in [0.3, 0.4) is 0 Å². The van der Waals surface area contributed by atoms with Crippen molar-refractivity contribution in [3.05, 3.63) is 22.4 Å². The molecule has 1 atom stereocenters. The average Bonchev–Trinajstić information content (AvgIpc) is 2.55. The van der Waals surface area contributed by atoms with Crippen LogP contribution < -0.4 is 5.32 Å². The second-order valence-electron chi connectivity index (χ2n) is 3.71. The van der Waals surface area contributed by atoms with E-state index in [0.717, 1.165) is 18.3 Å². The van der Waals surface area contributed by atoms with Gasteiger partial charge >= 0.3 is 0 Å². The Kier molecular flexibility index (Phi) is 5.60. The highest BCUT2D eigenvalue weighted by Gasteiger charge is 2.04. The Hall–Kier alpha value is 0.01000. The molecule has 1 nitrogen and oxygen atoms in total. The lowest BCUT2D eigenvalue weighted by atomic mass is 10.4. The molecule has 0 fully saturated rings. The van der Waals surface area contributed by atoms with Crippen molar-refractivity contribution in [2.45, 2.75) is 37.8 Å². The molecule has 0 spiro atoms. The monoisotopic (exact) mass is 229 g/mol. The fraction of sp³-hybridized carbons (Fsp3) is 0.636. The number of hydrogen-bond donors (Lipinski definition) is 1. The third-order valence-corrected chi connectivity index (χ3v) is 3.87. The standard InChI is InChI=1S/C11H19NS2/c1-9(2)14-10(3)7-12-8-11-5-4-6-13-11/h4-6,9-10,12H,7-8H2,1-3H3. The lowest BCUT2D eigenvalue weighted by molar-refractivity contribution is 0.689. The molecule has 1 unspecified atom stereocenters. The zero-order valence-corrected chi connectivity index (χ0v) is 10.8. The van der Waals surface area contributed by atoms with Gasteiger partial charge in [-0.1, -0.05) is 26.8 Å². The minimum atomic E-state index is 0.704. The van der Waals surface area contributed by atoms with E-state index in [1.807, 2.05) is 23.1 Å². The van der Waals surface area contributed by atoms with Crippen LogP contribution in [0.25, 0.3) is 0 Å². The maximum absolute atomic E-state index is 3.48. The predicted molar refractivity (Wildman–Crippen MR) is 68.2 cm³/mol. The molecule has 1 aromatic heterocycles. The van der Waals surface area contributed by atoms with E-state index in [9.17, 15) is 0 Å². The van der Waals surface area contributed by atoms with E-state index < -0.39 is 0 Å². The molecule has 1 rings (SSSR count). The van der Waals surface area contributed by atoms with Crippen LogP contribution in [0.15, 0.2) is 17.5 Å². The number of rotatable bonds is 6. The zero-order valence-electron chi connectivity index (χ0n) is 9.12. The van der Waals surface area contributed by atoms with Gasteiger partial charge in [-0.05, 0) is 16.7 Å². The molecule has 0 aliphatic carbocycles. The van der Waals surface area contributed by atoms with E-state index in [0.29, 0.717) is 5.25 Å². The minimum absolute atomic E-state index is 0.704. The van der Waals surface area contributed by atoms with Crippen LogP contribution >= 0.6 is 23.1 Å². The molecule has 0 aliphatic heterocycles. The molecule has 0 amide bonds. The summed E-state index contributed by atoms with van der Waals surface area (Å²) < 4.78 is 0.